The average molecular weight is 385 g/mol. The van der Waals surface area contributed by atoms with Crippen LogP contribution in [0.2, 0.25) is 0 Å². The standard InChI is InChI=1S/C20H32N2O3.ClH/c1-24-18-11-9-16(15-19(18)25-2)10-12-20(23)22-14-13-21-17-7-5-3-4-6-8-17;/h9,11,15,17,21H,3-8,10,12-14H2,1-2H3,(H,22,23);1H. The molecule has 1 fully saturated rings. The average Bonchev–Trinajstić information content (AvgIpc) is 2.92. The maximum atomic E-state index is 12.0. The lowest BCUT2D eigenvalue weighted by atomic mass is 10.1. The zero-order chi connectivity index (χ0) is 17.9. The van der Waals surface area contributed by atoms with Crippen LogP contribution in [0.25, 0.3) is 0 Å². The molecule has 1 aliphatic rings. The summed E-state index contributed by atoms with van der Waals surface area (Å²) in [6.45, 7) is 1.55. The second-order valence-electron chi connectivity index (χ2n) is 6.68. The summed E-state index contributed by atoms with van der Waals surface area (Å²) in [5.41, 5.74) is 1.07. The molecule has 0 spiro atoms. The van der Waals surface area contributed by atoms with E-state index in [1.54, 1.807) is 14.2 Å². The van der Waals surface area contributed by atoms with E-state index in [1.165, 1.54) is 38.5 Å². The quantitative estimate of drug-likeness (QED) is 0.505. The van der Waals surface area contributed by atoms with E-state index < -0.39 is 0 Å². The molecule has 1 saturated carbocycles. The van der Waals surface area contributed by atoms with Crippen molar-refractivity contribution in [2.24, 2.45) is 0 Å². The van der Waals surface area contributed by atoms with Crippen LogP contribution in [-0.2, 0) is 11.2 Å². The molecule has 1 amide bonds. The van der Waals surface area contributed by atoms with Gasteiger partial charge in [-0.05, 0) is 37.0 Å². The van der Waals surface area contributed by atoms with Gasteiger partial charge in [0.05, 0.1) is 14.2 Å². The van der Waals surface area contributed by atoms with Crippen LogP contribution in [0.3, 0.4) is 0 Å². The minimum absolute atomic E-state index is 0. The van der Waals surface area contributed by atoms with Gasteiger partial charge >= 0.3 is 0 Å². The van der Waals surface area contributed by atoms with Gasteiger partial charge in [-0.15, -0.1) is 12.4 Å². The highest BCUT2D eigenvalue weighted by molar-refractivity contribution is 5.85. The Balaban J connectivity index is 0.00000338. The summed E-state index contributed by atoms with van der Waals surface area (Å²) in [5, 5.41) is 6.58. The van der Waals surface area contributed by atoms with Crippen LogP contribution in [0.15, 0.2) is 18.2 Å². The summed E-state index contributed by atoms with van der Waals surface area (Å²) >= 11 is 0. The largest absolute Gasteiger partial charge is 0.493 e. The fourth-order valence-corrected chi connectivity index (χ4v) is 3.34. The van der Waals surface area contributed by atoms with Crippen LogP contribution < -0.4 is 20.1 Å². The summed E-state index contributed by atoms with van der Waals surface area (Å²) in [6.07, 6.45) is 9.11. The van der Waals surface area contributed by atoms with Gasteiger partial charge in [0.15, 0.2) is 11.5 Å². The fourth-order valence-electron chi connectivity index (χ4n) is 3.34. The Hall–Kier alpha value is -1.46. The first-order valence-electron chi connectivity index (χ1n) is 9.44. The van der Waals surface area contributed by atoms with Crippen LogP contribution in [-0.4, -0.2) is 39.3 Å². The van der Waals surface area contributed by atoms with E-state index in [9.17, 15) is 4.79 Å². The van der Waals surface area contributed by atoms with Gasteiger partial charge in [0.25, 0.3) is 0 Å². The number of carbonyl (C=O) groups excluding carboxylic acids is 1. The Morgan fingerprint density at radius 3 is 2.38 bits per heavy atom. The second-order valence-corrected chi connectivity index (χ2v) is 6.68. The highest BCUT2D eigenvalue weighted by Crippen LogP contribution is 2.27. The minimum atomic E-state index is 0. The van der Waals surface area contributed by atoms with E-state index in [0.29, 0.717) is 36.9 Å². The number of amides is 1. The maximum Gasteiger partial charge on any atom is 0.220 e. The van der Waals surface area contributed by atoms with Gasteiger partial charge in [-0.1, -0.05) is 31.7 Å². The van der Waals surface area contributed by atoms with Gasteiger partial charge in [0.1, 0.15) is 0 Å². The lowest BCUT2D eigenvalue weighted by Gasteiger charge is -2.16. The number of carbonyl (C=O) groups is 1. The first kappa shape index (κ1) is 22.6. The third kappa shape index (κ3) is 7.83. The molecule has 0 bridgehead atoms. The molecule has 0 radical (unpaired) electrons. The van der Waals surface area contributed by atoms with Crippen LogP contribution >= 0.6 is 12.4 Å². The number of benzene rings is 1. The summed E-state index contributed by atoms with van der Waals surface area (Å²) in [4.78, 5) is 12.0. The third-order valence-corrected chi connectivity index (χ3v) is 4.82. The molecular weight excluding hydrogens is 352 g/mol. The number of methoxy groups -OCH3 is 2. The third-order valence-electron chi connectivity index (χ3n) is 4.82. The van der Waals surface area contributed by atoms with Crippen LogP contribution in [0.1, 0.15) is 50.5 Å². The van der Waals surface area contributed by atoms with Crippen LogP contribution in [0.5, 0.6) is 11.5 Å². The first-order valence-corrected chi connectivity index (χ1v) is 9.44. The lowest BCUT2D eigenvalue weighted by Crippen LogP contribution is -2.36. The molecule has 6 heteroatoms. The van der Waals surface area contributed by atoms with Gasteiger partial charge in [0, 0.05) is 25.6 Å². The number of nitrogens with one attached hydrogen (secondary N) is 2. The number of rotatable bonds is 9. The molecule has 0 heterocycles. The smallest absolute Gasteiger partial charge is 0.220 e. The topological polar surface area (TPSA) is 59.6 Å². The predicted octanol–water partition coefficient (Wildman–Crippen LogP) is 3.49. The van der Waals surface area contributed by atoms with Crippen LogP contribution in [0, 0.1) is 0 Å². The Labute approximate surface area is 163 Å². The van der Waals surface area contributed by atoms with Crippen molar-refractivity contribution in [2.45, 2.75) is 57.4 Å². The maximum absolute atomic E-state index is 12.0. The highest BCUT2D eigenvalue weighted by Gasteiger charge is 2.11. The van der Waals surface area contributed by atoms with Crippen molar-refractivity contribution in [3.63, 3.8) is 0 Å². The van der Waals surface area contributed by atoms with E-state index in [0.717, 1.165) is 12.1 Å². The summed E-state index contributed by atoms with van der Waals surface area (Å²) < 4.78 is 10.5. The Morgan fingerprint density at radius 1 is 1.04 bits per heavy atom. The van der Waals surface area contributed by atoms with Crippen molar-refractivity contribution >= 4 is 18.3 Å². The molecule has 2 rings (SSSR count). The fraction of sp³-hybridized carbons (Fsp3) is 0.650. The summed E-state index contributed by atoms with van der Waals surface area (Å²) in [6, 6.07) is 6.41. The van der Waals surface area contributed by atoms with Crippen molar-refractivity contribution in [1.82, 2.24) is 10.6 Å². The Bertz CT molecular complexity index is 532. The molecule has 5 nitrogen and oxygen atoms in total. The molecule has 2 N–H and O–H groups in total. The van der Waals surface area contributed by atoms with Crippen molar-refractivity contribution < 1.29 is 14.3 Å². The van der Waals surface area contributed by atoms with Crippen molar-refractivity contribution in [3.8, 4) is 11.5 Å². The van der Waals surface area contributed by atoms with E-state index in [2.05, 4.69) is 10.6 Å². The summed E-state index contributed by atoms with van der Waals surface area (Å²) in [5.74, 6) is 1.51. The monoisotopic (exact) mass is 384 g/mol. The molecule has 148 valence electrons. The van der Waals surface area contributed by atoms with E-state index in [4.69, 9.17) is 9.47 Å². The number of halogens is 1. The van der Waals surface area contributed by atoms with Crippen molar-refractivity contribution in [2.75, 3.05) is 27.3 Å². The first-order chi connectivity index (χ1) is 12.2. The van der Waals surface area contributed by atoms with Gasteiger partial charge in [-0.3, -0.25) is 4.79 Å². The SMILES string of the molecule is COc1ccc(CCC(=O)NCCNC2CCCCCC2)cc1OC.Cl. The number of aryl methyl sites for hydroxylation is 1. The molecule has 0 atom stereocenters. The van der Waals surface area contributed by atoms with Gasteiger partial charge in [0.2, 0.25) is 5.91 Å². The van der Waals surface area contributed by atoms with Crippen LogP contribution in [0.4, 0.5) is 0 Å². The highest BCUT2D eigenvalue weighted by atomic mass is 35.5. The number of hydrogen-bond donors (Lipinski definition) is 2. The van der Waals surface area contributed by atoms with Crippen molar-refractivity contribution in [3.05, 3.63) is 23.8 Å². The number of ether oxygens (including phenoxy) is 2. The lowest BCUT2D eigenvalue weighted by molar-refractivity contribution is -0.121. The van der Waals surface area contributed by atoms with Gasteiger partial charge in [-0.2, -0.15) is 0 Å². The van der Waals surface area contributed by atoms with Gasteiger partial charge in [-0.25, -0.2) is 0 Å². The van der Waals surface area contributed by atoms with Gasteiger partial charge < -0.3 is 20.1 Å². The summed E-state index contributed by atoms with van der Waals surface area (Å²) in [7, 11) is 3.24. The minimum Gasteiger partial charge on any atom is -0.493 e. The van der Waals surface area contributed by atoms with E-state index >= 15 is 0 Å². The molecule has 1 aromatic rings. The molecular formula is C20H33ClN2O3. The Morgan fingerprint density at radius 2 is 1.73 bits per heavy atom. The predicted molar refractivity (Wildman–Crippen MR) is 108 cm³/mol. The second kappa shape index (κ2) is 12.8. The molecule has 1 aromatic carbocycles. The molecule has 0 unspecified atom stereocenters. The van der Waals surface area contributed by atoms with E-state index in [-0.39, 0.29) is 18.3 Å². The Kier molecular flexibility index (Phi) is 11.1. The normalized spacial score (nSPS) is 14.8. The molecule has 0 saturated heterocycles. The van der Waals surface area contributed by atoms with Crippen molar-refractivity contribution in [1.29, 1.82) is 0 Å². The molecule has 1 aliphatic carbocycles. The molecule has 0 aromatic heterocycles. The zero-order valence-corrected chi connectivity index (χ0v) is 16.8. The molecule has 26 heavy (non-hydrogen) atoms. The van der Waals surface area contributed by atoms with E-state index in [1.807, 2.05) is 18.2 Å². The molecule has 0 aliphatic heterocycles. The number of hydrogen-bond acceptors (Lipinski definition) is 4. The zero-order valence-electron chi connectivity index (χ0n) is 16.0.